The minimum atomic E-state index is 0.894. The molecule has 150 valence electrons. The summed E-state index contributed by atoms with van der Waals surface area (Å²) in [5.41, 5.74) is 4.99. The van der Waals surface area contributed by atoms with Crippen LogP contribution in [0.3, 0.4) is 0 Å². The number of hydrogen-bond donors (Lipinski definition) is 2. The molecule has 28 heavy (non-hydrogen) atoms. The molecule has 0 heterocycles. The Morgan fingerprint density at radius 3 is 2.61 bits per heavy atom. The largest absolute Gasteiger partial charge is 0.371 e. The van der Waals surface area contributed by atoms with E-state index in [0.29, 0.717) is 0 Å². The Morgan fingerprint density at radius 1 is 1.04 bits per heavy atom. The molecule has 0 radical (unpaired) electrons. The molecule has 0 spiro atoms. The molecule has 3 heteroatoms. The van der Waals surface area contributed by atoms with E-state index in [1.54, 1.807) is 0 Å². The van der Waals surface area contributed by atoms with Crippen LogP contribution in [-0.2, 0) is 0 Å². The van der Waals surface area contributed by atoms with Crippen LogP contribution in [-0.4, -0.2) is 31.9 Å². The van der Waals surface area contributed by atoms with Gasteiger partial charge in [-0.05, 0) is 87.4 Å². The summed E-state index contributed by atoms with van der Waals surface area (Å²) in [7, 11) is 0. The molecule has 2 aromatic rings. The fraction of sp³-hybridized carbons (Fsp3) is 0.480. The summed E-state index contributed by atoms with van der Waals surface area (Å²) in [6, 6.07) is 15.3. The molecule has 0 atom stereocenters. The summed E-state index contributed by atoms with van der Waals surface area (Å²) in [6.07, 6.45) is 6.83. The first-order chi connectivity index (χ1) is 13.7. The molecule has 0 amide bonds. The summed E-state index contributed by atoms with van der Waals surface area (Å²) in [5, 5.41) is 14.4. The number of hydrogen-bond acceptors (Lipinski definition) is 3. The van der Waals surface area contributed by atoms with Gasteiger partial charge >= 0.3 is 0 Å². The predicted octanol–water partition coefficient (Wildman–Crippen LogP) is 5.95. The standard InChI is InChI=1S/C25H35N3/c1-3-28(23-15-14-21-10-4-5-11-22(21)19-23)18-17-27-16-8-9-20(2)24-12-6-7-13-25(24)26/h4-5,10-11,14-15,19,26-27H,3,6-9,12-13,16-18H2,1-2H3/b24-20+,26-25?. The maximum Gasteiger partial charge on any atom is 0.0372 e. The van der Waals surface area contributed by atoms with Gasteiger partial charge in [-0.2, -0.15) is 0 Å². The number of likely N-dealkylation sites (N-methyl/N-ethyl adjacent to an activating group) is 1. The van der Waals surface area contributed by atoms with E-state index in [2.05, 4.69) is 66.5 Å². The van der Waals surface area contributed by atoms with E-state index in [0.717, 1.165) is 57.6 Å². The van der Waals surface area contributed by atoms with Crippen molar-refractivity contribution < 1.29 is 0 Å². The van der Waals surface area contributed by atoms with Gasteiger partial charge in [0.15, 0.2) is 0 Å². The van der Waals surface area contributed by atoms with Crippen molar-refractivity contribution in [3.8, 4) is 0 Å². The van der Waals surface area contributed by atoms with Gasteiger partial charge in [-0.15, -0.1) is 0 Å². The molecule has 1 saturated carbocycles. The lowest BCUT2D eigenvalue weighted by molar-refractivity contribution is 0.631. The molecule has 2 aromatic carbocycles. The number of nitrogens with one attached hydrogen (secondary N) is 2. The summed E-state index contributed by atoms with van der Waals surface area (Å²) in [4.78, 5) is 2.44. The second-order valence-electron chi connectivity index (χ2n) is 7.91. The maximum atomic E-state index is 8.14. The Labute approximate surface area is 170 Å². The predicted molar refractivity (Wildman–Crippen MR) is 123 cm³/mol. The third-order valence-corrected chi connectivity index (χ3v) is 5.93. The average molecular weight is 378 g/mol. The Hall–Kier alpha value is -2.13. The number of fused-ring (bicyclic) bond motifs is 1. The lowest BCUT2D eigenvalue weighted by atomic mass is 9.88. The lowest BCUT2D eigenvalue weighted by Crippen LogP contribution is -2.32. The Morgan fingerprint density at radius 2 is 1.82 bits per heavy atom. The van der Waals surface area contributed by atoms with E-state index in [1.165, 1.54) is 40.4 Å². The second-order valence-corrected chi connectivity index (χ2v) is 7.91. The van der Waals surface area contributed by atoms with Gasteiger partial charge in [0.2, 0.25) is 0 Å². The SMILES string of the molecule is CCN(CCNCCC/C(C)=C1\CCCCC1=N)c1ccc2ccccc2c1. The van der Waals surface area contributed by atoms with E-state index in [1.807, 2.05) is 0 Å². The highest BCUT2D eigenvalue weighted by molar-refractivity contribution is 5.98. The molecule has 1 fully saturated rings. The first-order valence-electron chi connectivity index (χ1n) is 10.9. The number of allylic oxidation sites excluding steroid dienone is 2. The Bertz CT molecular complexity index is 821. The molecule has 1 aliphatic carbocycles. The number of benzene rings is 2. The van der Waals surface area contributed by atoms with Gasteiger partial charge < -0.3 is 15.6 Å². The first kappa shape index (κ1) is 20.6. The van der Waals surface area contributed by atoms with Crippen molar-refractivity contribution in [2.75, 3.05) is 31.1 Å². The van der Waals surface area contributed by atoms with Gasteiger partial charge in [0.25, 0.3) is 0 Å². The summed E-state index contributed by atoms with van der Waals surface area (Å²) >= 11 is 0. The summed E-state index contributed by atoms with van der Waals surface area (Å²) < 4.78 is 0. The van der Waals surface area contributed by atoms with Crippen LogP contribution in [0.1, 0.15) is 52.4 Å². The highest BCUT2D eigenvalue weighted by atomic mass is 15.1. The lowest BCUT2D eigenvalue weighted by Gasteiger charge is -2.24. The van der Waals surface area contributed by atoms with E-state index in [9.17, 15) is 0 Å². The number of anilines is 1. The fourth-order valence-corrected chi connectivity index (χ4v) is 4.19. The van der Waals surface area contributed by atoms with Gasteiger partial charge in [-0.1, -0.05) is 35.9 Å². The molecule has 0 unspecified atom stereocenters. The number of rotatable bonds is 9. The molecule has 2 N–H and O–H groups in total. The van der Waals surface area contributed by atoms with Crippen molar-refractivity contribution in [1.82, 2.24) is 5.32 Å². The topological polar surface area (TPSA) is 39.1 Å². The first-order valence-corrected chi connectivity index (χ1v) is 10.9. The third kappa shape index (κ3) is 5.45. The number of nitrogens with zero attached hydrogens (tertiary/aromatic N) is 1. The van der Waals surface area contributed by atoms with Crippen LogP contribution in [0.15, 0.2) is 53.6 Å². The van der Waals surface area contributed by atoms with Crippen LogP contribution in [0.25, 0.3) is 10.8 Å². The maximum absolute atomic E-state index is 8.14. The Kier molecular flexibility index (Phi) is 7.67. The molecule has 1 aliphatic rings. The zero-order valence-electron chi connectivity index (χ0n) is 17.6. The van der Waals surface area contributed by atoms with Gasteiger partial charge in [0.1, 0.15) is 0 Å². The molecular formula is C25H35N3. The van der Waals surface area contributed by atoms with Crippen LogP contribution in [0.5, 0.6) is 0 Å². The summed E-state index contributed by atoms with van der Waals surface area (Å²) in [6.45, 7) is 8.56. The van der Waals surface area contributed by atoms with Gasteiger partial charge in [0, 0.05) is 31.0 Å². The molecule has 0 aromatic heterocycles. The Balaban J connectivity index is 1.42. The van der Waals surface area contributed by atoms with Gasteiger partial charge in [0.05, 0.1) is 0 Å². The zero-order chi connectivity index (χ0) is 19.8. The van der Waals surface area contributed by atoms with Crippen molar-refractivity contribution in [2.24, 2.45) is 0 Å². The van der Waals surface area contributed by atoms with E-state index >= 15 is 0 Å². The second kappa shape index (κ2) is 10.4. The zero-order valence-corrected chi connectivity index (χ0v) is 17.6. The summed E-state index contributed by atoms with van der Waals surface area (Å²) in [5.74, 6) is 0. The van der Waals surface area contributed by atoms with Crippen molar-refractivity contribution in [2.45, 2.75) is 52.4 Å². The monoisotopic (exact) mass is 377 g/mol. The van der Waals surface area contributed by atoms with Crippen LogP contribution in [0.4, 0.5) is 5.69 Å². The van der Waals surface area contributed by atoms with E-state index < -0.39 is 0 Å². The van der Waals surface area contributed by atoms with Crippen LogP contribution in [0, 0.1) is 5.41 Å². The van der Waals surface area contributed by atoms with Crippen LogP contribution < -0.4 is 10.2 Å². The van der Waals surface area contributed by atoms with Crippen molar-refractivity contribution in [3.63, 3.8) is 0 Å². The quantitative estimate of drug-likeness (QED) is 0.530. The molecular weight excluding hydrogens is 342 g/mol. The van der Waals surface area contributed by atoms with Gasteiger partial charge in [-0.3, -0.25) is 0 Å². The van der Waals surface area contributed by atoms with E-state index in [-0.39, 0.29) is 0 Å². The average Bonchev–Trinajstić information content (AvgIpc) is 2.73. The van der Waals surface area contributed by atoms with Crippen molar-refractivity contribution in [1.29, 1.82) is 5.41 Å². The van der Waals surface area contributed by atoms with Crippen LogP contribution >= 0.6 is 0 Å². The third-order valence-electron chi connectivity index (χ3n) is 5.93. The molecule has 0 bridgehead atoms. The highest BCUT2D eigenvalue weighted by Gasteiger charge is 2.13. The molecule has 3 nitrogen and oxygen atoms in total. The normalized spacial score (nSPS) is 16.4. The van der Waals surface area contributed by atoms with Crippen LogP contribution in [0.2, 0.25) is 0 Å². The van der Waals surface area contributed by atoms with Gasteiger partial charge in [-0.25, -0.2) is 0 Å². The molecule has 0 aliphatic heterocycles. The fourth-order valence-electron chi connectivity index (χ4n) is 4.19. The smallest absolute Gasteiger partial charge is 0.0372 e. The van der Waals surface area contributed by atoms with E-state index in [4.69, 9.17) is 5.41 Å². The molecule has 0 saturated heterocycles. The minimum absolute atomic E-state index is 0.894. The van der Waals surface area contributed by atoms with Crippen molar-refractivity contribution in [3.05, 3.63) is 53.6 Å². The molecule has 3 rings (SSSR count). The van der Waals surface area contributed by atoms with Crippen molar-refractivity contribution >= 4 is 22.2 Å². The highest BCUT2D eigenvalue weighted by Crippen LogP contribution is 2.25. The minimum Gasteiger partial charge on any atom is -0.371 e.